The van der Waals surface area contributed by atoms with Crippen LogP contribution >= 0.6 is 15.9 Å². The molecule has 0 heterocycles. The first kappa shape index (κ1) is 10.5. The largest absolute Gasteiger partial charge is 0.492 e. The average Bonchev–Trinajstić information content (AvgIpc) is 2.08. The maximum Gasteiger partial charge on any atom is 0.138 e. The molecule has 0 saturated heterocycles. The lowest BCUT2D eigenvalue weighted by molar-refractivity contribution is 0.332. The van der Waals surface area contributed by atoms with Crippen LogP contribution in [0.5, 0.6) is 5.75 Å². The van der Waals surface area contributed by atoms with Gasteiger partial charge in [-0.2, -0.15) is 0 Å². The van der Waals surface area contributed by atoms with Gasteiger partial charge in [0, 0.05) is 11.6 Å². The molecule has 2 N–H and O–H groups in total. The Morgan fingerprint density at radius 1 is 1.54 bits per heavy atom. The van der Waals surface area contributed by atoms with Gasteiger partial charge in [0.1, 0.15) is 5.75 Å². The van der Waals surface area contributed by atoms with E-state index in [1.54, 1.807) is 0 Å². The van der Waals surface area contributed by atoms with Gasteiger partial charge in [-0.05, 0) is 35.8 Å². The SMILES string of the molecule is CCOc1c(Br)cccc1C(C)N. The Kier molecular flexibility index (Phi) is 3.75. The first-order valence-corrected chi connectivity index (χ1v) is 5.13. The summed E-state index contributed by atoms with van der Waals surface area (Å²) in [6.07, 6.45) is 0. The summed E-state index contributed by atoms with van der Waals surface area (Å²) in [5.41, 5.74) is 6.85. The highest BCUT2D eigenvalue weighted by Gasteiger charge is 2.10. The number of ether oxygens (including phenoxy) is 1. The lowest BCUT2D eigenvalue weighted by atomic mass is 10.1. The Morgan fingerprint density at radius 2 is 2.23 bits per heavy atom. The summed E-state index contributed by atoms with van der Waals surface area (Å²) in [6, 6.07) is 5.90. The van der Waals surface area contributed by atoms with Crippen molar-refractivity contribution in [1.29, 1.82) is 0 Å². The molecule has 0 aromatic heterocycles. The van der Waals surface area contributed by atoms with Crippen LogP contribution in [0.15, 0.2) is 22.7 Å². The zero-order valence-electron chi connectivity index (χ0n) is 7.88. The van der Waals surface area contributed by atoms with E-state index < -0.39 is 0 Å². The molecule has 1 unspecified atom stereocenters. The van der Waals surface area contributed by atoms with Gasteiger partial charge in [0.2, 0.25) is 0 Å². The molecule has 13 heavy (non-hydrogen) atoms. The van der Waals surface area contributed by atoms with Gasteiger partial charge in [0.05, 0.1) is 11.1 Å². The van der Waals surface area contributed by atoms with Gasteiger partial charge in [0.25, 0.3) is 0 Å². The third-order valence-corrected chi connectivity index (χ3v) is 2.40. The molecule has 72 valence electrons. The summed E-state index contributed by atoms with van der Waals surface area (Å²) in [5.74, 6) is 0.861. The van der Waals surface area contributed by atoms with Crippen molar-refractivity contribution in [2.24, 2.45) is 5.73 Å². The quantitative estimate of drug-likeness (QED) is 0.887. The van der Waals surface area contributed by atoms with E-state index in [4.69, 9.17) is 10.5 Å². The summed E-state index contributed by atoms with van der Waals surface area (Å²) in [4.78, 5) is 0. The Bertz CT molecular complexity index is 286. The van der Waals surface area contributed by atoms with Crippen LogP contribution in [0.2, 0.25) is 0 Å². The van der Waals surface area contributed by atoms with Crippen LogP contribution in [0.1, 0.15) is 25.5 Å². The van der Waals surface area contributed by atoms with Crippen molar-refractivity contribution in [3.8, 4) is 5.75 Å². The number of benzene rings is 1. The van der Waals surface area contributed by atoms with Gasteiger partial charge in [-0.25, -0.2) is 0 Å². The molecular formula is C10H14BrNO. The van der Waals surface area contributed by atoms with E-state index in [1.807, 2.05) is 32.0 Å². The molecule has 0 radical (unpaired) electrons. The van der Waals surface area contributed by atoms with Crippen LogP contribution in [0.3, 0.4) is 0 Å². The van der Waals surface area contributed by atoms with Crippen molar-refractivity contribution in [3.63, 3.8) is 0 Å². The molecule has 1 atom stereocenters. The van der Waals surface area contributed by atoms with Crippen LogP contribution in [-0.2, 0) is 0 Å². The van der Waals surface area contributed by atoms with Crippen LogP contribution in [0.4, 0.5) is 0 Å². The van der Waals surface area contributed by atoms with E-state index in [2.05, 4.69) is 15.9 Å². The molecular weight excluding hydrogens is 230 g/mol. The summed E-state index contributed by atoms with van der Waals surface area (Å²) in [7, 11) is 0. The predicted octanol–water partition coefficient (Wildman–Crippen LogP) is 2.87. The van der Waals surface area contributed by atoms with Crippen molar-refractivity contribution in [3.05, 3.63) is 28.2 Å². The first-order valence-electron chi connectivity index (χ1n) is 4.33. The summed E-state index contributed by atoms with van der Waals surface area (Å²) in [5, 5.41) is 0. The van der Waals surface area contributed by atoms with E-state index in [-0.39, 0.29) is 6.04 Å². The molecule has 0 spiro atoms. The Hall–Kier alpha value is -0.540. The molecule has 1 rings (SSSR count). The number of nitrogens with two attached hydrogens (primary N) is 1. The lowest BCUT2D eigenvalue weighted by Crippen LogP contribution is -2.08. The van der Waals surface area contributed by atoms with Crippen molar-refractivity contribution >= 4 is 15.9 Å². The van der Waals surface area contributed by atoms with Gasteiger partial charge in [-0.3, -0.25) is 0 Å². The topological polar surface area (TPSA) is 35.2 Å². The van der Waals surface area contributed by atoms with Crippen molar-refractivity contribution in [2.45, 2.75) is 19.9 Å². The van der Waals surface area contributed by atoms with Crippen molar-refractivity contribution in [1.82, 2.24) is 0 Å². The Morgan fingerprint density at radius 3 is 2.77 bits per heavy atom. The van der Waals surface area contributed by atoms with Crippen LogP contribution in [0.25, 0.3) is 0 Å². The fourth-order valence-corrected chi connectivity index (χ4v) is 1.68. The smallest absolute Gasteiger partial charge is 0.138 e. The van der Waals surface area contributed by atoms with E-state index in [0.29, 0.717) is 6.61 Å². The highest BCUT2D eigenvalue weighted by Crippen LogP contribution is 2.31. The minimum Gasteiger partial charge on any atom is -0.492 e. The van der Waals surface area contributed by atoms with Gasteiger partial charge in [0.15, 0.2) is 0 Å². The van der Waals surface area contributed by atoms with Gasteiger partial charge < -0.3 is 10.5 Å². The summed E-state index contributed by atoms with van der Waals surface area (Å²) < 4.78 is 6.46. The molecule has 0 amide bonds. The second kappa shape index (κ2) is 4.63. The molecule has 0 aliphatic heterocycles. The maximum absolute atomic E-state index is 5.81. The molecule has 1 aromatic carbocycles. The zero-order valence-corrected chi connectivity index (χ0v) is 9.47. The zero-order chi connectivity index (χ0) is 9.84. The monoisotopic (exact) mass is 243 g/mol. The normalized spacial score (nSPS) is 12.6. The van der Waals surface area contributed by atoms with Crippen LogP contribution < -0.4 is 10.5 Å². The van der Waals surface area contributed by atoms with Crippen molar-refractivity contribution in [2.75, 3.05) is 6.61 Å². The third-order valence-electron chi connectivity index (χ3n) is 1.78. The summed E-state index contributed by atoms with van der Waals surface area (Å²) >= 11 is 3.44. The molecule has 0 fully saturated rings. The second-order valence-electron chi connectivity index (χ2n) is 2.88. The lowest BCUT2D eigenvalue weighted by Gasteiger charge is -2.14. The number of hydrogen-bond donors (Lipinski definition) is 1. The number of rotatable bonds is 3. The van der Waals surface area contributed by atoms with E-state index in [0.717, 1.165) is 15.8 Å². The highest BCUT2D eigenvalue weighted by molar-refractivity contribution is 9.10. The average molecular weight is 244 g/mol. The predicted molar refractivity (Wildman–Crippen MR) is 57.9 cm³/mol. The Balaban J connectivity index is 3.09. The van der Waals surface area contributed by atoms with E-state index >= 15 is 0 Å². The molecule has 0 aliphatic carbocycles. The standard InChI is InChI=1S/C10H14BrNO/c1-3-13-10-8(7(2)12)5-4-6-9(10)11/h4-7H,3,12H2,1-2H3. The van der Waals surface area contributed by atoms with Gasteiger partial charge in [-0.1, -0.05) is 12.1 Å². The number of halogens is 1. The van der Waals surface area contributed by atoms with Crippen LogP contribution in [0, 0.1) is 0 Å². The van der Waals surface area contributed by atoms with E-state index in [1.165, 1.54) is 0 Å². The van der Waals surface area contributed by atoms with Gasteiger partial charge >= 0.3 is 0 Å². The molecule has 0 saturated carbocycles. The third kappa shape index (κ3) is 2.45. The van der Waals surface area contributed by atoms with Crippen LogP contribution in [-0.4, -0.2) is 6.61 Å². The highest BCUT2D eigenvalue weighted by atomic mass is 79.9. The second-order valence-corrected chi connectivity index (χ2v) is 3.73. The fourth-order valence-electron chi connectivity index (χ4n) is 1.18. The molecule has 3 heteroatoms. The Labute approximate surface area is 87.2 Å². The minimum absolute atomic E-state index is 0.000880. The fraction of sp³-hybridized carbons (Fsp3) is 0.400. The first-order chi connectivity index (χ1) is 6.16. The summed E-state index contributed by atoms with van der Waals surface area (Å²) in [6.45, 7) is 4.57. The van der Waals surface area contributed by atoms with Gasteiger partial charge in [-0.15, -0.1) is 0 Å². The molecule has 2 nitrogen and oxygen atoms in total. The number of para-hydroxylation sites is 1. The molecule has 0 bridgehead atoms. The number of hydrogen-bond acceptors (Lipinski definition) is 2. The minimum atomic E-state index is -0.000880. The van der Waals surface area contributed by atoms with Crippen molar-refractivity contribution < 1.29 is 4.74 Å². The molecule has 0 aliphatic rings. The maximum atomic E-state index is 5.81. The molecule has 1 aromatic rings. The van der Waals surface area contributed by atoms with E-state index in [9.17, 15) is 0 Å².